The minimum Gasteiger partial charge on any atom is -0.381 e. The van der Waals surface area contributed by atoms with E-state index in [1.807, 2.05) is 12.1 Å². The molecule has 0 radical (unpaired) electrons. The van der Waals surface area contributed by atoms with Gasteiger partial charge in [0.05, 0.1) is 6.61 Å². The zero-order valence-electron chi connectivity index (χ0n) is 11.2. The van der Waals surface area contributed by atoms with Crippen molar-refractivity contribution < 1.29 is 4.74 Å². The average molecular weight is 268 g/mol. The Balaban J connectivity index is 1.97. The van der Waals surface area contributed by atoms with E-state index in [9.17, 15) is 0 Å². The maximum Gasteiger partial charge on any atom is 0.0509 e. The van der Waals surface area contributed by atoms with E-state index >= 15 is 0 Å². The molecule has 18 heavy (non-hydrogen) atoms. The fraction of sp³-hybridized carbons (Fsp3) is 0.600. The van der Waals surface area contributed by atoms with E-state index in [2.05, 4.69) is 31.3 Å². The molecule has 0 saturated carbocycles. The van der Waals surface area contributed by atoms with Crippen LogP contribution in [-0.2, 0) is 4.74 Å². The van der Waals surface area contributed by atoms with Crippen LogP contribution in [0.2, 0.25) is 5.02 Å². The largest absolute Gasteiger partial charge is 0.381 e. The standard InChI is InChI=1S/C15H22ClNO/c1-3-15(12-4-6-14(16)7-5-12)17-11(2)13-8-9-18-10-13/h4-7,11,13,15,17H,3,8-10H2,1-2H3. The highest BCUT2D eigenvalue weighted by Gasteiger charge is 2.24. The Bertz CT molecular complexity index is 359. The highest BCUT2D eigenvalue weighted by molar-refractivity contribution is 6.30. The number of rotatable bonds is 5. The third-order valence-electron chi connectivity index (χ3n) is 3.82. The van der Waals surface area contributed by atoms with Crippen LogP contribution in [0.15, 0.2) is 24.3 Å². The minimum atomic E-state index is 0.401. The molecule has 1 heterocycles. The molecule has 100 valence electrons. The second kappa shape index (κ2) is 6.55. The molecule has 2 nitrogen and oxygen atoms in total. The first kappa shape index (κ1) is 13.9. The second-order valence-electron chi connectivity index (χ2n) is 5.09. The van der Waals surface area contributed by atoms with Crippen molar-refractivity contribution in [1.29, 1.82) is 0 Å². The Labute approximate surface area is 115 Å². The summed E-state index contributed by atoms with van der Waals surface area (Å²) in [6.45, 7) is 6.28. The molecule has 1 aromatic rings. The molecular formula is C15H22ClNO. The summed E-state index contributed by atoms with van der Waals surface area (Å²) in [5.74, 6) is 0.645. The summed E-state index contributed by atoms with van der Waals surface area (Å²) in [4.78, 5) is 0. The lowest BCUT2D eigenvalue weighted by molar-refractivity contribution is 0.176. The van der Waals surface area contributed by atoms with Crippen LogP contribution in [0.3, 0.4) is 0 Å². The Hall–Kier alpha value is -0.570. The maximum absolute atomic E-state index is 5.93. The van der Waals surface area contributed by atoms with E-state index in [1.165, 1.54) is 12.0 Å². The van der Waals surface area contributed by atoms with Gasteiger partial charge in [-0.25, -0.2) is 0 Å². The van der Waals surface area contributed by atoms with Gasteiger partial charge in [-0.05, 0) is 43.4 Å². The summed E-state index contributed by atoms with van der Waals surface area (Å²) in [6, 6.07) is 9.05. The topological polar surface area (TPSA) is 21.3 Å². The fourth-order valence-corrected chi connectivity index (χ4v) is 2.67. The van der Waals surface area contributed by atoms with Crippen LogP contribution in [0.4, 0.5) is 0 Å². The van der Waals surface area contributed by atoms with Crippen LogP contribution < -0.4 is 5.32 Å². The van der Waals surface area contributed by atoms with Crippen molar-refractivity contribution in [2.24, 2.45) is 5.92 Å². The highest BCUT2D eigenvalue weighted by Crippen LogP contribution is 2.23. The summed E-state index contributed by atoms with van der Waals surface area (Å²) in [6.07, 6.45) is 2.25. The minimum absolute atomic E-state index is 0.401. The smallest absolute Gasteiger partial charge is 0.0509 e. The molecule has 1 fully saturated rings. The Morgan fingerprint density at radius 2 is 2.11 bits per heavy atom. The van der Waals surface area contributed by atoms with Gasteiger partial charge in [-0.1, -0.05) is 30.7 Å². The molecule has 1 aromatic carbocycles. The van der Waals surface area contributed by atoms with E-state index in [-0.39, 0.29) is 0 Å². The molecule has 3 unspecified atom stereocenters. The molecule has 1 N–H and O–H groups in total. The van der Waals surface area contributed by atoms with E-state index in [0.29, 0.717) is 18.0 Å². The van der Waals surface area contributed by atoms with E-state index in [0.717, 1.165) is 24.7 Å². The molecule has 3 heteroatoms. The lowest BCUT2D eigenvalue weighted by Crippen LogP contribution is -2.36. The predicted octanol–water partition coefficient (Wildman–Crippen LogP) is 3.81. The number of benzene rings is 1. The molecular weight excluding hydrogens is 246 g/mol. The molecule has 0 aromatic heterocycles. The molecule has 0 amide bonds. The molecule has 0 bridgehead atoms. The number of hydrogen-bond donors (Lipinski definition) is 1. The van der Waals surface area contributed by atoms with Crippen molar-refractivity contribution >= 4 is 11.6 Å². The molecule has 3 atom stereocenters. The third kappa shape index (κ3) is 3.47. The summed E-state index contributed by atoms with van der Waals surface area (Å²) in [5, 5.41) is 4.52. The van der Waals surface area contributed by atoms with Crippen LogP contribution in [0.25, 0.3) is 0 Å². The zero-order valence-corrected chi connectivity index (χ0v) is 11.9. The van der Waals surface area contributed by atoms with Crippen LogP contribution in [0.5, 0.6) is 0 Å². The normalized spacial score (nSPS) is 22.9. The van der Waals surface area contributed by atoms with Crippen LogP contribution >= 0.6 is 11.6 Å². The molecule has 1 aliphatic heterocycles. The number of nitrogens with one attached hydrogen (secondary N) is 1. The van der Waals surface area contributed by atoms with Crippen molar-refractivity contribution in [3.05, 3.63) is 34.9 Å². The quantitative estimate of drug-likeness (QED) is 0.876. The van der Waals surface area contributed by atoms with Crippen molar-refractivity contribution in [2.45, 2.75) is 38.8 Å². The first-order chi connectivity index (χ1) is 8.70. The molecule has 0 aliphatic carbocycles. The molecule has 0 spiro atoms. The average Bonchev–Trinajstić information content (AvgIpc) is 2.91. The summed E-state index contributed by atoms with van der Waals surface area (Å²) < 4.78 is 5.46. The van der Waals surface area contributed by atoms with Gasteiger partial charge < -0.3 is 10.1 Å². The maximum atomic E-state index is 5.93. The van der Waals surface area contributed by atoms with Crippen molar-refractivity contribution in [1.82, 2.24) is 5.32 Å². The van der Waals surface area contributed by atoms with Gasteiger partial charge >= 0.3 is 0 Å². The van der Waals surface area contributed by atoms with Crippen LogP contribution in [-0.4, -0.2) is 19.3 Å². The lowest BCUT2D eigenvalue weighted by Gasteiger charge is -2.26. The highest BCUT2D eigenvalue weighted by atomic mass is 35.5. The van der Waals surface area contributed by atoms with E-state index < -0.39 is 0 Å². The van der Waals surface area contributed by atoms with Crippen molar-refractivity contribution in [2.75, 3.05) is 13.2 Å². The molecule has 1 saturated heterocycles. The van der Waals surface area contributed by atoms with Crippen LogP contribution in [0, 0.1) is 5.92 Å². The van der Waals surface area contributed by atoms with Gasteiger partial charge in [-0.2, -0.15) is 0 Å². The first-order valence-corrected chi connectivity index (χ1v) is 7.17. The van der Waals surface area contributed by atoms with Gasteiger partial charge in [0.25, 0.3) is 0 Å². The van der Waals surface area contributed by atoms with Crippen molar-refractivity contribution in [3.63, 3.8) is 0 Å². The zero-order chi connectivity index (χ0) is 13.0. The summed E-state index contributed by atoms with van der Waals surface area (Å²) >= 11 is 5.93. The van der Waals surface area contributed by atoms with Gasteiger partial charge in [0.15, 0.2) is 0 Å². The Morgan fingerprint density at radius 1 is 1.39 bits per heavy atom. The van der Waals surface area contributed by atoms with E-state index in [1.54, 1.807) is 0 Å². The third-order valence-corrected chi connectivity index (χ3v) is 4.07. The van der Waals surface area contributed by atoms with Gasteiger partial charge in [0.1, 0.15) is 0 Å². The van der Waals surface area contributed by atoms with Gasteiger partial charge in [-0.3, -0.25) is 0 Å². The van der Waals surface area contributed by atoms with Crippen LogP contribution in [0.1, 0.15) is 38.3 Å². The molecule has 2 rings (SSSR count). The lowest BCUT2D eigenvalue weighted by atomic mass is 9.97. The second-order valence-corrected chi connectivity index (χ2v) is 5.53. The number of ether oxygens (including phenoxy) is 1. The van der Waals surface area contributed by atoms with E-state index in [4.69, 9.17) is 16.3 Å². The summed E-state index contributed by atoms with van der Waals surface area (Å²) in [5.41, 5.74) is 1.31. The first-order valence-electron chi connectivity index (χ1n) is 6.80. The Kier molecular flexibility index (Phi) is 5.04. The van der Waals surface area contributed by atoms with Gasteiger partial charge in [-0.15, -0.1) is 0 Å². The van der Waals surface area contributed by atoms with Gasteiger partial charge in [0, 0.05) is 23.7 Å². The monoisotopic (exact) mass is 267 g/mol. The number of halogens is 1. The summed E-state index contributed by atoms with van der Waals surface area (Å²) in [7, 11) is 0. The molecule has 1 aliphatic rings. The van der Waals surface area contributed by atoms with Crippen molar-refractivity contribution in [3.8, 4) is 0 Å². The fourth-order valence-electron chi connectivity index (χ4n) is 2.55. The van der Waals surface area contributed by atoms with Gasteiger partial charge in [0.2, 0.25) is 0 Å². The Morgan fingerprint density at radius 3 is 2.67 bits per heavy atom. The predicted molar refractivity (Wildman–Crippen MR) is 76.0 cm³/mol. The number of hydrogen-bond acceptors (Lipinski definition) is 2. The SMILES string of the molecule is CCC(NC(C)C1CCOC1)c1ccc(Cl)cc1.